The van der Waals surface area contributed by atoms with Crippen molar-refractivity contribution < 1.29 is 0 Å². The Bertz CT molecular complexity index is 1110. The van der Waals surface area contributed by atoms with E-state index in [0.29, 0.717) is 12.0 Å². The number of rotatable bonds is 10. The third kappa shape index (κ3) is 5.14. The van der Waals surface area contributed by atoms with Gasteiger partial charge in [0.15, 0.2) is 0 Å². The Morgan fingerprint density at radius 2 is 2.00 bits per heavy atom. The van der Waals surface area contributed by atoms with E-state index in [2.05, 4.69) is 47.3 Å². The molecule has 0 aromatic carbocycles. The van der Waals surface area contributed by atoms with Crippen LogP contribution in [0.25, 0.3) is 17.2 Å². The number of piperazine rings is 1. The second-order valence-electron chi connectivity index (χ2n) is 10.7. The molecule has 5 heteroatoms. The molecule has 0 bridgehead atoms. The molecule has 2 saturated carbocycles. The van der Waals surface area contributed by atoms with Crippen LogP contribution in [0.2, 0.25) is 0 Å². The summed E-state index contributed by atoms with van der Waals surface area (Å²) in [6.07, 6.45) is 13.9. The number of hydrogen-bond donors (Lipinski definition) is 0. The first-order chi connectivity index (χ1) is 17.1. The summed E-state index contributed by atoms with van der Waals surface area (Å²) in [5.41, 5.74) is 6.05. The highest BCUT2D eigenvalue weighted by Gasteiger charge is 2.40. The van der Waals surface area contributed by atoms with Crippen LogP contribution in [0.15, 0.2) is 24.9 Å². The normalized spacial score (nSPS) is 20.6. The molecule has 1 aliphatic heterocycles. The van der Waals surface area contributed by atoms with Crippen LogP contribution in [0.5, 0.6) is 0 Å². The molecule has 2 aromatic heterocycles. The summed E-state index contributed by atoms with van der Waals surface area (Å²) in [5.74, 6) is 2.23. The van der Waals surface area contributed by atoms with Crippen molar-refractivity contribution in [1.82, 2.24) is 14.9 Å². The number of aromatic nitrogens is 2. The van der Waals surface area contributed by atoms with Gasteiger partial charge < -0.3 is 4.90 Å². The van der Waals surface area contributed by atoms with Crippen LogP contribution in [0.3, 0.4) is 0 Å². The Morgan fingerprint density at radius 3 is 2.69 bits per heavy atom. The van der Waals surface area contributed by atoms with Gasteiger partial charge in [-0.2, -0.15) is 5.26 Å². The van der Waals surface area contributed by atoms with Crippen molar-refractivity contribution in [1.29, 1.82) is 5.26 Å². The Kier molecular flexibility index (Phi) is 7.20. The maximum atomic E-state index is 10.3. The van der Waals surface area contributed by atoms with E-state index in [1.807, 2.05) is 12.3 Å². The number of anilines is 1. The fourth-order valence-electron chi connectivity index (χ4n) is 5.79. The Balaban J connectivity index is 1.46. The van der Waals surface area contributed by atoms with E-state index in [-0.39, 0.29) is 0 Å². The van der Waals surface area contributed by atoms with Gasteiger partial charge in [-0.05, 0) is 80.8 Å². The Morgan fingerprint density at radius 1 is 1.17 bits per heavy atom. The molecular weight excluding hydrogens is 430 g/mol. The highest BCUT2D eigenvalue weighted by molar-refractivity contribution is 5.77. The minimum absolute atomic E-state index is 0.495. The van der Waals surface area contributed by atoms with Crippen molar-refractivity contribution >= 4 is 11.9 Å². The first-order valence-electron chi connectivity index (χ1n) is 13.7. The zero-order valence-corrected chi connectivity index (χ0v) is 21.5. The standard InChI is InChI=1S/C30H39N5/c1-4-6-7-8-15-34-16-17-35(20-27(34)22-9-10-22)30-26(19-31)21(3)28(29(33-30)23-11-12-23)24-13-14-32-25(5-2)18-24/h5,13-14,18,22-23,27H,2,4,6-12,15-17,20H2,1,3H3/t27-/m0/s1. The Labute approximate surface area is 210 Å². The summed E-state index contributed by atoms with van der Waals surface area (Å²) >= 11 is 0. The number of unbranched alkanes of at least 4 members (excludes halogenated alkanes) is 3. The second-order valence-corrected chi connectivity index (χ2v) is 10.7. The van der Waals surface area contributed by atoms with Crippen molar-refractivity contribution in [3.8, 4) is 17.2 Å². The van der Waals surface area contributed by atoms with E-state index in [4.69, 9.17) is 4.98 Å². The number of hydrogen-bond acceptors (Lipinski definition) is 5. The van der Waals surface area contributed by atoms with Gasteiger partial charge >= 0.3 is 0 Å². The molecule has 1 saturated heterocycles. The summed E-state index contributed by atoms with van der Waals surface area (Å²) in [5, 5.41) is 10.3. The third-order valence-electron chi connectivity index (χ3n) is 8.11. The topological polar surface area (TPSA) is 56.1 Å². The van der Waals surface area contributed by atoms with Gasteiger partial charge in [0.1, 0.15) is 11.9 Å². The van der Waals surface area contributed by atoms with Crippen molar-refractivity contribution in [2.24, 2.45) is 5.92 Å². The predicted molar refractivity (Wildman–Crippen MR) is 143 cm³/mol. The van der Waals surface area contributed by atoms with Crippen molar-refractivity contribution in [2.45, 2.75) is 77.2 Å². The highest BCUT2D eigenvalue weighted by Crippen LogP contribution is 2.47. The van der Waals surface area contributed by atoms with Crippen molar-refractivity contribution in [2.75, 3.05) is 31.1 Å². The van der Waals surface area contributed by atoms with E-state index in [1.54, 1.807) is 6.08 Å². The minimum atomic E-state index is 0.495. The van der Waals surface area contributed by atoms with E-state index < -0.39 is 0 Å². The summed E-state index contributed by atoms with van der Waals surface area (Å²) in [7, 11) is 0. The maximum Gasteiger partial charge on any atom is 0.147 e. The van der Waals surface area contributed by atoms with Crippen LogP contribution >= 0.6 is 0 Å². The molecule has 0 amide bonds. The molecule has 2 aliphatic carbocycles. The molecule has 0 radical (unpaired) electrons. The van der Waals surface area contributed by atoms with E-state index in [0.717, 1.165) is 59.3 Å². The summed E-state index contributed by atoms with van der Waals surface area (Å²) in [4.78, 5) is 14.9. The van der Waals surface area contributed by atoms with Crippen LogP contribution in [0.1, 0.15) is 86.7 Å². The molecule has 35 heavy (non-hydrogen) atoms. The molecule has 3 heterocycles. The van der Waals surface area contributed by atoms with Crippen LogP contribution in [0, 0.1) is 24.2 Å². The van der Waals surface area contributed by atoms with E-state index in [9.17, 15) is 5.26 Å². The second kappa shape index (κ2) is 10.5. The van der Waals surface area contributed by atoms with Gasteiger partial charge in [0.05, 0.1) is 17.0 Å². The molecule has 2 aromatic rings. The molecule has 1 atom stereocenters. The maximum absolute atomic E-state index is 10.3. The predicted octanol–water partition coefficient (Wildman–Crippen LogP) is 6.33. The first-order valence-corrected chi connectivity index (χ1v) is 13.7. The van der Waals surface area contributed by atoms with Crippen molar-refractivity contribution in [3.63, 3.8) is 0 Å². The lowest BCUT2D eigenvalue weighted by Gasteiger charge is -2.43. The van der Waals surface area contributed by atoms with Crippen LogP contribution in [-0.2, 0) is 0 Å². The van der Waals surface area contributed by atoms with Crippen LogP contribution in [-0.4, -0.2) is 47.1 Å². The van der Waals surface area contributed by atoms with Gasteiger partial charge in [0.2, 0.25) is 0 Å². The van der Waals surface area contributed by atoms with Gasteiger partial charge in [-0.25, -0.2) is 4.98 Å². The lowest BCUT2D eigenvalue weighted by atomic mass is 9.93. The quantitative estimate of drug-likeness (QED) is 0.381. The van der Waals surface area contributed by atoms with Gasteiger partial charge in [0.25, 0.3) is 0 Å². The molecule has 3 aliphatic rings. The summed E-state index contributed by atoms with van der Waals surface area (Å²) in [6.45, 7) is 12.5. The van der Waals surface area contributed by atoms with Crippen LogP contribution < -0.4 is 4.90 Å². The minimum Gasteiger partial charge on any atom is -0.353 e. The molecule has 0 spiro atoms. The fourth-order valence-corrected chi connectivity index (χ4v) is 5.79. The van der Waals surface area contributed by atoms with E-state index >= 15 is 0 Å². The summed E-state index contributed by atoms with van der Waals surface area (Å²) in [6, 6.07) is 7.27. The lowest BCUT2D eigenvalue weighted by Crippen LogP contribution is -2.54. The summed E-state index contributed by atoms with van der Waals surface area (Å²) < 4.78 is 0. The fraction of sp³-hybridized carbons (Fsp3) is 0.567. The molecule has 5 rings (SSSR count). The lowest BCUT2D eigenvalue weighted by molar-refractivity contribution is 0.154. The molecule has 184 valence electrons. The SMILES string of the molecule is C=Cc1cc(-c2c(C3CC3)nc(N3CCN(CCCCCC)[C@H](C4CC4)C3)c(C#N)c2C)ccn1. The van der Waals surface area contributed by atoms with Gasteiger partial charge in [0, 0.05) is 43.4 Å². The van der Waals surface area contributed by atoms with Gasteiger partial charge in [-0.1, -0.05) is 32.8 Å². The molecule has 3 fully saturated rings. The smallest absolute Gasteiger partial charge is 0.147 e. The average Bonchev–Trinajstić information content (AvgIpc) is 3.79. The number of nitriles is 1. The molecular formula is C30H39N5. The van der Waals surface area contributed by atoms with Crippen molar-refractivity contribution in [3.05, 3.63) is 47.4 Å². The number of nitrogens with zero attached hydrogens (tertiary/aromatic N) is 5. The third-order valence-corrected chi connectivity index (χ3v) is 8.11. The number of pyridine rings is 2. The molecule has 0 N–H and O–H groups in total. The zero-order valence-electron chi connectivity index (χ0n) is 21.5. The zero-order chi connectivity index (χ0) is 24.4. The molecule has 0 unspecified atom stereocenters. The first kappa shape index (κ1) is 24.0. The average molecular weight is 470 g/mol. The largest absolute Gasteiger partial charge is 0.353 e. The van der Waals surface area contributed by atoms with Crippen LogP contribution in [0.4, 0.5) is 5.82 Å². The monoisotopic (exact) mass is 469 g/mol. The van der Waals surface area contributed by atoms with E-state index in [1.165, 1.54) is 63.6 Å². The molecule has 5 nitrogen and oxygen atoms in total. The van der Waals surface area contributed by atoms with Gasteiger partial charge in [-0.15, -0.1) is 0 Å². The Hall–Kier alpha value is -2.71. The highest BCUT2D eigenvalue weighted by atomic mass is 15.3. The van der Waals surface area contributed by atoms with Gasteiger partial charge in [-0.3, -0.25) is 9.88 Å².